The minimum atomic E-state index is -0.326. The van der Waals surface area contributed by atoms with E-state index in [0.717, 1.165) is 28.4 Å². The number of benzene rings is 1. The molecule has 9 heteroatoms. The average molecular weight is 429 g/mol. The number of hydrogen-bond donors (Lipinski definition) is 2. The van der Waals surface area contributed by atoms with Gasteiger partial charge >= 0.3 is 5.97 Å². The summed E-state index contributed by atoms with van der Waals surface area (Å²) in [6.07, 6.45) is 0. The van der Waals surface area contributed by atoms with Gasteiger partial charge in [0.05, 0.1) is 29.4 Å². The summed E-state index contributed by atoms with van der Waals surface area (Å²) in [5.41, 5.74) is 2.73. The lowest BCUT2D eigenvalue weighted by Crippen LogP contribution is -2.38. The van der Waals surface area contributed by atoms with Gasteiger partial charge in [0.15, 0.2) is 5.96 Å². The monoisotopic (exact) mass is 428 g/mol. The second-order valence-corrected chi connectivity index (χ2v) is 7.85. The van der Waals surface area contributed by atoms with Crippen molar-refractivity contribution in [2.45, 2.75) is 40.3 Å². The van der Waals surface area contributed by atoms with E-state index in [4.69, 9.17) is 9.73 Å². The molecule has 2 aromatic heterocycles. The van der Waals surface area contributed by atoms with Gasteiger partial charge in [0.25, 0.3) is 0 Å². The number of guanidine groups is 1. The fourth-order valence-electron chi connectivity index (χ4n) is 3.06. The predicted octanol–water partition coefficient (Wildman–Crippen LogP) is 3.33. The molecule has 0 saturated carbocycles. The van der Waals surface area contributed by atoms with E-state index in [1.165, 1.54) is 11.3 Å². The molecular weight excluding hydrogens is 400 g/mol. The van der Waals surface area contributed by atoms with E-state index in [0.29, 0.717) is 29.7 Å². The van der Waals surface area contributed by atoms with Gasteiger partial charge in [-0.1, -0.05) is 12.1 Å². The third kappa shape index (κ3) is 4.79. The molecule has 0 aliphatic carbocycles. The smallest absolute Gasteiger partial charge is 0.350 e. The third-order valence-electron chi connectivity index (χ3n) is 4.60. The molecule has 2 N–H and O–H groups in total. The number of thiazole rings is 1. The van der Waals surface area contributed by atoms with Crippen molar-refractivity contribution in [2.24, 2.45) is 12.0 Å². The van der Waals surface area contributed by atoms with Crippen LogP contribution in [-0.4, -0.2) is 39.6 Å². The number of para-hydroxylation sites is 2. The lowest BCUT2D eigenvalue weighted by Gasteiger charge is -2.16. The molecule has 0 amide bonds. The fraction of sp³-hybridized carbons (Fsp3) is 0.429. The van der Waals surface area contributed by atoms with Gasteiger partial charge < -0.3 is 19.9 Å². The first-order valence-corrected chi connectivity index (χ1v) is 10.9. The molecule has 3 rings (SSSR count). The van der Waals surface area contributed by atoms with Gasteiger partial charge in [0.1, 0.15) is 22.3 Å². The van der Waals surface area contributed by atoms with Crippen molar-refractivity contribution >= 4 is 34.3 Å². The molecule has 1 aromatic carbocycles. The maximum absolute atomic E-state index is 12.1. The second-order valence-electron chi connectivity index (χ2n) is 6.82. The number of aromatic nitrogens is 3. The van der Waals surface area contributed by atoms with Gasteiger partial charge in [0.2, 0.25) is 0 Å². The molecule has 0 bridgehead atoms. The van der Waals surface area contributed by atoms with Crippen LogP contribution in [0.15, 0.2) is 29.3 Å². The quantitative estimate of drug-likeness (QED) is 0.341. The zero-order chi connectivity index (χ0) is 21.7. The number of hydrogen-bond acceptors (Lipinski definition) is 6. The molecule has 160 valence electrons. The lowest BCUT2D eigenvalue weighted by atomic mass is 10.3. The lowest BCUT2D eigenvalue weighted by molar-refractivity contribution is 0.0531. The van der Waals surface area contributed by atoms with Crippen molar-refractivity contribution in [1.82, 2.24) is 25.2 Å². The van der Waals surface area contributed by atoms with E-state index in [-0.39, 0.29) is 12.0 Å². The first kappa shape index (κ1) is 21.8. The molecule has 1 unspecified atom stereocenters. The summed E-state index contributed by atoms with van der Waals surface area (Å²) < 4.78 is 7.17. The zero-order valence-electron chi connectivity index (χ0n) is 18.0. The Balaban J connectivity index is 1.75. The van der Waals surface area contributed by atoms with Crippen LogP contribution in [0.4, 0.5) is 0 Å². The highest BCUT2D eigenvalue weighted by atomic mass is 32.1. The highest BCUT2D eigenvalue weighted by Gasteiger charge is 2.20. The van der Waals surface area contributed by atoms with Crippen molar-refractivity contribution in [3.63, 3.8) is 0 Å². The van der Waals surface area contributed by atoms with E-state index in [2.05, 4.69) is 25.2 Å². The van der Waals surface area contributed by atoms with Crippen LogP contribution in [0.25, 0.3) is 11.0 Å². The number of aryl methyl sites for hydroxylation is 2. The summed E-state index contributed by atoms with van der Waals surface area (Å²) in [6, 6.07) is 7.92. The van der Waals surface area contributed by atoms with Crippen LogP contribution < -0.4 is 10.6 Å². The van der Waals surface area contributed by atoms with Gasteiger partial charge in [-0.25, -0.2) is 19.8 Å². The topological polar surface area (TPSA) is 93.4 Å². The molecular formula is C21H28N6O2S. The Labute approximate surface area is 180 Å². The summed E-state index contributed by atoms with van der Waals surface area (Å²) in [6.45, 7) is 9.15. The summed E-state index contributed by atoms with van der Waals surface area (Å²) >= 11 is 1.35. The molecule has 8 nitrogen and oxygen atoms in total. The van der Waals surface area contributed by atoms with Crippen molar-refractivity contribution in [3.05, 3.63) is 45.7 Å². The molecule has 0 fully saturated rings. The maximum atomic E-state index is 12.1. The van der Waals surface area contributed by atoms with Crippen LogP contribution >= 0.6 is 11.3 Å². The van der Waals surface area contributed by atoms with Crippen LogP contribution in [-0.2, 0) is 18.3 Å². The third-order valence-corrected chi connectivity index (χ3v) is 5.92. The molecule has 3 aromatic rings. The molecule has 2 heterocycles. The number of nitrogens with one attached hydrogen (secondary N) is 2. The number of esters is 1. The Morgan fingerprint density at radius 3 is 2.77 bits per heavy atom. The van der Waals surface area contributed by atoms with E-state index in [1.54, 1.807) is 6.92 Å². The second kappa shape index (κ2) is 9.71. The number of imidazole rings is 1. The minimum absolute atomic E-state index is 0.116. The van der Waals surface area contributed by atoms with Crippen molar-refractivity contribution in [1.29, 1.82) is 0 Å². The van der Waals surface area contributed by atoms with Crippen molar-refractivity contribution in [2.75, 3.05) is 13.2 Å². The van der Waals surface area contributed by atoms with E-state index >= 15 is 0 Å². The number of carbonyl (C=O) groups excluding carboxylic acids is 1. The molecule has 30 heavy (non-hydrogen) atoms. The fourth-order valence-corrected chi connectivity index (χ4v) is 4.02. The summed E-state index contributed by atoms with van der Waals surface area (Å²) in [5, 5.41) is 7.43. The number of nitrogens with zero attached hydrogens (tertiary/aromatic N) is 4. The van der Waals surface area contributed by atoms with Gasteiger partial charge in [0, 0.05) is 13.6 Å². The number of aliphatic imine (C=N–C) groups is 1. The highest BCUT2D eigenvalue weighted by molar-refractivity contribution is 7.13. The summed E-state index contributed by atoms with van der Waals surface area (Å²) in [7, 11) is 2.00. The van der Waals surface area contributed by atoms with Crippen LogP contribution in [0.2, 0.25) is 0 Å². The summed E-state index contributed by atoms with van der Waals surface area (Å²) in [4.78, 5) is 26.5. The highest BCUT2D eigenvalue weighted by Crippen LogP contribution is 2.24. The molecule has 0 saturated heterocycles. The Hall–Kier alpha value is -2.94. The van der Waals surface area contributed by atoms with E-state index in [9.17, 15) is 4.79 Å². The Morgan fingerprint density at radius 1 is 1.30 bits per heavy atom. The molecule has 0 aliphatic rings. The Morgan fingerprint density at radius 2 is 2.07 bits per heavy atom. The Bertz CT molecular complexity index is 1060. The first-order chi connectivity index (χ1) is 14.4. The van der Waals surface area contributed by atoms with Crippen LogP contribution in [0.5, 0.6) is 0 Å². The predicted molar refractivity (Wildman–Crippen MR) is 120 cm³/mol. The van der Waals surface area contributed by atoms with E-state index < -0.39 is 0 Å². The van der Waals surface area contributed by atoms with Crippen LogP contribution in [0.3, 0.4) is 0 Å². The minimum Gasteiger partial charge on any atom is -0.462 e. The average Bonchev–Trinajstić information content (AvgIpc) is 3.27. The van der Waals surface area contributed by atoms with Gasteiger partial charge in [-0.05, 0) is 39.8 Å². The normalized spacial score (nSPS) is 12.8. The number of fused-ring (bicyclic) bond motifs is 1. The molecule has 1 atom stereocenters. The molecule has 0 spiro atoms. The largest absolute Gasteiger partial charge is 0.462 e. The Kier molecular flexibility index (Phi) is 7.04. The van der Waals surface area contributed by atoms with Crippen molar-refractivity contribution < 1.29 is 9.53 Å². The number of rotatable bonds is 7. The van der Waals surface area contributed by atoms with Gasteiger partial charge in [-0.15, -0.1) is 11.3 Å². The number of carbonyl (C=O) groups is 1. The first-order valence-electron chi connectivity index (χ1n) is 10.0. The zero-order valence-corrected chi connectivity index (χ0v) is 18.8. The molecule has 0 aliphatic heterocycles. The van der Waals surface area contributed by atoms with Crippen LogP contribution in [0, 0.1) is 6.92 Å². The van der Waals surface area contributed by atoms with Crippen molar-refractivity contribution in [3.8, 4) is 0 Å². The van der Waals surface area contributed by atoms with E-state index in [1.807, 2.05) is 52.1 Å². The number of ether oxygens (including phenoxy) is 1. The van der Waals surface area contributed by atoms with Crippen LogP contribution in [0.1, 0.15) is 53.0 Å². The maximum Gasteiger partial charge on any atom is 0.350 e. The summed E-state index contributed by atoms with van der Waals surface area (Å²) in [5.74, 6) is 1.23. The standard InChI is InChI=1S/C21H28N6O2S/c1-6-22-21(23-12-17-26-15-10-8-9-11-16(15)27(17)5)25-14(4)19-24-13(3)18(30-19)20(28)29-7-2/h8-11,14H,6-7,12H2,1-5H3,(H2,22,23,25). The molecule has 0 radical (unpaired) electrons. The van der Waals surface area contributed by atoms with Gasteiger partial charge in [-0.2, -0.15) is 0 Å². The SMILES string of the molecule is CCNC(=NCc1nc2ccccc2n1C)NC(C)c1nc(C)c(C(=O)OCC)s1. The van der Waals surface area contributed by atoms with Gasteiger partial charge in [-0.3, -0.25) is 0 Å².